The molecule has 3 N–H and O–H groups in total. The van der Waals surface area contributed by atoms with Gasteiger partial charge in [0.05, 0.1) is 18.8 Å². The van der Waals surface area contributed by atoms with Gasteiger partial charge in [-0.2, -0.15) is 0 Å². The Morgan fingerprint density at radius 3 is 1.35 bits per heavy atom. The fraction of sp³-hybridized carbons (Fsp3) is 0.769. The van der Waals surface area contributed by atoms with Crippen LogP contribution in [-0.2, 0) is 4.79 Å². The Morgan fingerprint density at radius 1 is 0.535 bits per heavy atom. The van der Waals surface area contributed by atoms with Gasteiger partial charge in [0.1, 0.15) is 0 Å². The lowest BCUT2D eigenvalue weighted by Crippen LogP contribution is -2.45. The van der Waals surface area contributed by atoms with Crippen molar-refractivity contribution in [3.05, 3.63) is 48.6 Å². The first kappa shape index (κ1) is 41.4. The van der Waals surface area contributed by atoms with E-state index < -0.39 is 12.1 Å². The van der Waals surface area contributed by atoms with Gasteiger partial charge in [-0.3, -0.25) is 4.79 Å². The topological polar surface area (TPSA) is 69.6 Å². The summed E-state index contributed by atoms with van der Waals surface area (Å²) in [5.41, 5.74) is 0. The van der Waals surface area contributed by atoms with E-state index in [0.717, 1.165) is 51.4 Å². The molecule has 43 heavy (non-hydrogen) atoms. The van der Waals surface area contributed by atoms with Crippen LogP contribution in [-0.4, -0.2) is 34.9 Å². The summed E-state index contributed by atoms with van der Waals surface area (Å²) in [6, 6.07) is -0.648. The lowest BCUT2D eigenvalue weighted by molar-refractivity contribution is -0.123. The average molecular weight is 602 g/mol. The van der Waals surface area contributed by atoms with Gasteiger partial charge in [-0.05, 0) is 70.6 Å². The molecule has 1 amide bonds. The summed E-state index contributed by atoms with van der Waals surface area (Å²) in [6.45, 7) is 4.25. The number of carbonyl (C=O) groups is 1. The number of carbonyl (C=O) groups excluding carboxylic acids is 1. The van der Waals surface area contributed by atoms with E-state index in [1.807, 2.05) is 6.08 Å². The van der Waals surface area contributed by atoms with E-state index in [0.29, 0.717) is 6.42 Å². The number of rotatable bonds is 32. The van der Waals surface area contributed by atoms with E-state index in [2.05, 4.69) is 55.6 Å². The molecule has 2 unspecified atom stereocenters. The Bertz CT molecular complexity index is 697. The maximum absolute atomic E-state index is 12.3. The van der Waals surface area contributed by atoms with Gasteiger partial charge < -0.3 is 15.5 Å². The number of nitrogens with one attached hydrogen (secondary N) is 1. The molecular formula is C39H71NO3. The van der Waals surface area contributed by atoms with Crippen LogP contribution in [0.4, 0.5) is 0 Å². The van der Waals surface area contributed by atoms with E-state index >= 15 is 0 Å². The molecule has 0 saturated carbocycles. The number of aliphatic hydroxyl groups is 2. The molecule has 0 aromatic heterocycles. The molecule has 0 aliphatic rings. The summed E-state index contributed by atoms with van der Waals surface area (Å²) in [6.07, 6.45) is 46.2. The zero-order valence-corrected chi connectivity index (χ0v) is 28.5. The second-order valence-corrected chi connectivity index (χ2v) is 12.3. The van der Waals surface area contributed by atoms with Gasteiger partial charge in [0, 0.05) is 6.42 Å². The molecule has 0 fully saturated rings. The van der Waals surface area contributed by atoms with Gasteiger partial charge in [-0.25, -0.2) is 0 Å². The fourth-order valence-electron chi connectivity index (χ4n) is 5.14. The maximum Gasteiger partial charge on any atom is 0.220 e. The fourth-order valence-corrected chi connectivity index (χ4v) is 5.14. The first-order valence-corrected chi connectivity index (χ1v) is 18.4. The SMILES string of the molecule is CCCCCCC/C=C/CC/C=C/CC/C=C/C(O)C(CO)NC(=O)CCCCCCC/C=C\CCCCCCCCC. The maximum atomic E-state index is 12.3. The zero-order chi connectivity index (χ0) is 31.5. The van der Waals surface area contributed by atoms with E-state index in [1.54, 1.807) is 6.08 Å². The third-order valence-electron chi connectivity index (χ3n) is 8.01. The summed E-state index contributed by atoms with van der Waals surface area (Å²) < 4.78 is 0. The predicted molar refractivity (Wildman–Crippen MR) is 188 cm³/mol. The highest BCUT2D eigenvalue weighted by atomic mass is 16.3. The van der Waals surface area contributed by atoms with Gasteiger partial charge in [-0.1, -0.05) is 146 Å². The quantitative estimate of drug-likeness (QED) is 0.0530. The number of aliphatic hydroxyl groups excluding tert-OH is 2. The van der Waals surface area contributed by atoms with Crippen LogP contribution in [0.3, 0.4) is 0 Å². The van der Waals surface area contributed by atoms with E-state index in [-0.39, 0.29) is 12.5 Å². The largest absolute Gasteiger partial charge is 0.394 e. The summed E-state index contributed by atoms with van der Waals surface area (Å²) in [7, 11) is 0. The van der Waals surface area contributed by atoms with Crippen molar-refractivity contribution in [2.75, 3.05) is 6.61 Å². The standard InChI is InChI=1S/C39H71NO3/c1-3-5-7-9-11-13-15-17-19-21-23-25-27-29-31-33-35-39(43)40-37(36-41)38(42)34-32-30-28-26-24-22-20-18-16-14-12-10-8-6-4-2/h16,18-19,21,24,26,32,34,37-38,41-42H,3-15,17,20,22-23,25,27-31,33,35-36H2,1-2H3,(H,40,43)/b18-16+,21-19-,26-24+,34-32+. The zero-order valence-electron chi connectivity index (χ0n) is 28.5. The van der Waals surface area contributed by atoms with E-state index in [1.165, 1.54) is 103 Å². The molecule has 0 saturated heterocycles. The summed E-state index contributed by atoms with van der Waals surface area (Å²) in [5.74, 6) is -0.0896. The van der Waals surface area contributed by atoms with Crippen LogP contribution >= 0.6 is 0 Å². The number of amides is 1. The summed E-state index contributed by atoms with van der Waals surface area (Å²) in [5, 5.41) is 22.8. The van der Waals surface area contributed by atoms with Crippen LogP contribution < -0.4 is 5.32 Å². The number of hydrogen-bond acceptors (Lipinski definition) is 3. The van der Waals surface area contributed by atoms with Crippen LogP contribution in [0.25, 0.3) is 0 Å². The molecule has 4 heteroatoms. The predicted octanol–water partition coefficient (Wildman–Crippen LogP) is 10.8. The Balaban J connectivity index is 3.73. The third kappa shape index (κ3) is 31.6. The van der Waals surface area contributed by atoms with Crippen molar-refractivity contribution in [1.29, 1.82) is 0 Å². The molecule has 2 atom stereocenters. The number of allylic oxidation sites excluding steroid dienone is 7. The smallest absolute Gasteiger partial charge is 0.220 e. The minimum absolute atomic E-state index is 0.0896. The summed E-state index contributed by atoms with van der Waals surface area (Å²) in [4.78, 5) is 12.3. The van der Waals surface area contributed by atoms with E-state index in [4.69, 9.17) is 0 Å². The second-order valence-electron chi connectivity index (χ2n) is 12.3. The van der Waals surface area contributed by atoms with Gasteiger partial charge in [0.25, 0.3) is 0 Å². The molecule has 0 aromatic carbocycles. The highest BCUT2D eigenvalue weighted by Crippen LogP contribution is 2.11. The molecule has 0 aliphatic carbocycles. The van der Waals surface area contributed by atoms with Crippen LogP contribution in [0.5, 0.6) is 0 Å². The molecule has 0 aliphatic heterocycles. The highest BCUT2D eigenvalue weighted by Gasteiger charge is 2.17. The molecule has 250 valence electrons. The molecule has 0 rings (SSSR count). The van der Waals surface area contributed by atoms with Crippen molar-refractivity contribution < 1.29 is 15.0 Å². The van der Waals surface area contributed by atoms with Gasteiger partial charge in [0.2, 0.25) is 5.91 Å². The van der Waals surface area contributed by atoms with Crippen molar-refractivity contribution in [2.24, 2.45) is 0 Å². The van der Waals surface area contributed by atoms with Gasteiger partial charge >= 0.3 is 0 Å². The lowest BCUT2D eigenvalue weighted by atomic mass is 10.1. The van der Waals surface area contributed by atoms with Gasteiger partial charge in [-0.15, -0.1) is 0 Å². The molecule has 0 spiro atoms. The van der Waals surface area contributed by atoms with Crippen LogP contribution in [0.1, 0.15) is 174 Å². The lowest BCUT2D eigenvalue weighted by Gasteiger charge is -2.19. The Kier molecular flexibility index (Phi) is 33.5. The second kappa shape index (κ2) is 34.8. The van der Waals surface area contributed by atoms with E-state index in [9.17, 15) is 15.0 Å². The number of hydrogen-bond donors (Lipinski definition) is 3. The Labute approximate surface area is 267 Å². The van der Waals surface area contributed by atoms with Crippen molar-refractivity contribution in [3.8, 4) is 0 Å². The van der Waals surface area contributed by atoms with Gasteiger partial charge in [0.15, 0.2) is 0 Å². The van der Waals surface area contributed by atoms with Crippen LogP contribution in [0, 0.1) is 0 Å². The molecule has 0 radical (unpaired) electrons. The Morgan fingerprint density at radius 2 is 0.907 bits per heavy atom. The molecule has 4 nitrogen and oxygen atoms in total. The summed E-state index contributed by atoms with van der Waals surface area (Å²) >= 11 is 0. The number of unbranched alkanes of at least 4 members (excludes halogenated alkanes) is 19. The average Bonchev–Trinajstić information content (AvgIpc) is 3.01. The third-order valence-corrected chi connectivity index (χ3v) is 8.01. The highest BCUT2D eigenvalue weighted by molar-refractivity contribution is 5.76. The van der Waals surface area contributed by atoms with Crippen molar-refractivity contribution in [1.82, 2.24) is 5.32 Å². The van der Waals surface area contributed by atoms with Crippen LogP contribution in [0.2, 0.25) is 0 Å². The molecule has 0 bridgehead atoms. The minimum atomic E-state index is -0.871. The monoisotopic (exact) mass is 602 g/mol. The molecule has 0 heterocycles. The normalized spacial score (nSPS) is 13.7. The molecule has 0 aromatic rings. The first-order valence-electron chi connectivity index (χ1n) is 18.4. The molecular weight excluding hydrogens is 530 g/mol. The van der Waals surface area contributed by atoms with Crippen molar-refractivity contribution in [3.63, 3.8) is 0 Å². The van der Waals surface area contributed by atoms with Crippen LogP contribution in [0.15, 0.2) is 48.6 Å². The minimum Gasteiger partial charge on any atom is -0.394 e. The van der Waals surface area contributed by atoms with Crippen molar-refractivity contribution in [2.45, 2.75) is 187 Å². The van der Waals surface area contributed by atoms with Crippen molar-refractivity contribution >= 4 is 5.91 Å². The Hall–Kier alpha value is -1.65. The first-order chi connectivity index (χ1) is 21.2.